The molecule has 0 atom stereocenters. The zero-order valence-electron chi connectivity index (χ0n) is 11.0. The number of rotatable bonds is 3. The van der Waals surface area contributed by atoms with Crippen LogP contribution >= 0.6 is 0 Å². The van der Waals surface area contributed by atoms with Crippen LogP contribution in [0.25, 0.3) is 0 Å². The van der Waals surface area contributed by atoms with Crippen LogP contribution in [0.5, 0.6) is 0 Å². The summed E-state index contributed by atoms with van der Waals surface area (Å²) in [4.78, 5) is -0.408. The van der Waals surface area contributed by atoms with Crippen LogP contribution in [0, 0.1) is 6.92 Å². The van der Waals surface area contributed by atoms with Gasteiger partial charge in [0.1, 0.15) is 0 Å². The number of hydrogen-bond donors (Lipinski definition) is 0. The van der Waals surface area contributed by atoms with Gasteiger partial charge >= 0.3 is 6.30 Å². The summed E-state index contributed by atoms with van der Waals surface area (Å²) < 4.78 is 63.7. The third-order valence-corrected chi connectivity index (χ3v) is 4.55. The van der Waals surface area contributed by atoms with Gasteiger partial charge in [0.2, 0.25) is 0 Å². The second-order valence-corrected chi connectivity index (χ2v) is 6.17. The quantitative estimate of drug-likeness (QED) is 0.810. The highest BCUT2D eigenvalue weighted by Gasteiger charge is 2.46. The van der Waals surface area contributed by atoms with Crippen LogP contribution in [0.4, 0.5) is 18.9 Å². The van der Waals surface area contributed by atoms with Crippen LogP contribution in [0.15, 0.2) is 59.5 Å². The van der Waals surface area contributed by atoms with Crippen molar-refractivity contribution in [3.05, 3.63) is 60.2 Å². The van der Waals surface area contributed by atoms with Crippen molar-refractivity contribution in [1.29, 1.82) is 0 Å². The van der Waals surface area contributed by atoms with Crippen molar-refractivity contribution < 1.29 is 21.6 Å². The molecule has 2 rings (SSSR count). The molecule has 0 aromatic heterocycles. The Morgan fingerprint density at radius 3 is 1.90 bits per heavy atom. The lowest BCUT2D eigenvalue weighted by Crippen LogP contribution is -2.42. The number of aryl methyl sites for hydroxylation is 1. The summed E-state index contributed by atoms with van der Waals surface area (Å²) in [6.45, 7) is 1.72. The number of alkyl halides is 3. The molecular formula is C14H12F3NO2S. The second-order valence-electron chi connectivity index (χ2n) is 4.39. The lowest BCUT2D eigenvalue weighted by Gasteiger charge is -2.26. The molecule has 0 aliphatic carbocycles. The predicted molar refractivity (Wildman–Crippen MR) is 73.3 cm³/mol. The number of anilines is 1. The van der Waals surface area contributed by atoms with E-state index in [-0.39, 0.29) is 0 Å². The van der Waals surface area contributed by atoms with Gasteiger partial charge in [-0.15, -0.1) is 13.2 Å². The Kier molecular flexibility index (Phi) is 3.95. The Balaban J connectivity index is 2.59. The molecular weight excluding hydrogens is 303 g/mol. The predicted octanol–water partition coefficient (Wildman–Crippen LogP) is 3.71. The zero-order valence-corrected chi connectivity index (χ0v) is 11.8. The monoisotopic (exact) mass is 315 g/mol. The molecule has 0 unspecified atom stereocenters. The Hall–Kier alpha value is -2.02. The van der Waals surface area contributed by atoms with E-state index in [1.54, 1.807) is 6.92 Å². The summed E-state index contributed by atoms with van der Waals surface area (Å²) >= 11 is 0. The first kappa shape index (κ1) is 15.4. The molecule has 0 radical (unpaired) electrons. The van der Waals surface area contributed by atoms with Gasteiger partial charge in [-0.2, -0.15) is 4.31 Å². The first-order valence-electron chi connectivity index (χ1n) is 5.97. The summed E-state index contributed by atoms with van der Waals surface area (Å²) in [7, 11) is -4.72. The fourth-order valence-electron chi connectivity index (χ4n) is 1.80. The normalized spacial score (nSPS) is 12.2. The molecule has 2 aromatic rings. The van der Waals surface area contributed by atoms with E-state index in [1.807, 2.05) is 0 Å². The molecule has 0 heterocycles. The van der Waals surface area contributed by atoms with Gasteiger partial charge < -0.3 is 0 Å². The summed E-state index contributed by atoms with van der Waals surface area (Å²) in [6.07, 6.45) is -5.05. The Bertz CT molecular complexity index is 710. The van der Waals surface area contributed by atoms with E-state index < -0.39 is 31.2 Å². The molecule has 0 fully saturated rings. The minimum atomic E-state index is -5.05. The van der Waals surface area contributed by atoms with E-state index >= 15 is 0 Å². The van der Waals surface area contributed by atoms with E-state index in [9.17, 15) is 21.6 Å². The average molecular weight is 315 g/mol. The number of hydrogen-bond acceptors (Lipinski definition) is 2. The van der Waals surface area contributed by atoms with Crippen LogP contribution in [-0.2, 0) is 10.0 Å². The number of para-hydroxylation sites is 1. The molecule has 0 saturated heterocycles. The average Bonchev–Trinajstić information content (AvgIpc) is 2.38. The highest BCUT2D eigenvalue weighted by atomic mass is 32.2. The van der Waals surface area contributed by atoms with Crippen LogP contribution < -0.4 is 4.31 Å². The summed E-state index contributed by atoms with van der Waals surface area (Å²) in [6, 6.07) is 11.6. The van der Waals surface area contributed by atoms with Crippen molar-refractivity contribution in [3.8, 4) is 0 Å². The smallest absolute Gasteiger partial charge is 0.201 e. The van der Waals surface area contributed by atoms with E-state index in [1.165, 1.54) is 30.3 Å². The van der Waals surface area contributed by atoms with Crippen LogP contribution in [0.2, 0.25) is 0 Å². The van der Waals surface area contributed by atoms with E-state index in [0.29, 0.717) is 0 Å². The first-order chi connectivity index (χ1) is 9.73. The van der Waals surface area contributed by atoms with Crippen LogP contribution in [0.3, 0.4) is 0 Å². The van der Waals surface area contributed by atoms with E-state index in [2.05, 4.69) is 0 Å². The fraction of sp³-hybridized carbons (Fsp3) is 0.143. The summed E-state index contributed by atoms with van der Waals surface area (Å²) in [5.41, 5.74) is 0.304. The Morgan fingerprint density at radius 2 is 1.43 bits per heavy atom. The third-order valence-electron chi connectivity index (χ3n) is 2.78. The molecule has 0 aliphatic rings. The van der Waals surface area contributed by atoms with Gasteiger partial charge in [0, 0.05) is 0 Å². The lowest BCUT2D eigenvalue weighted by atomic mass is 10.2. The molecule has 21 heavy (non-hydrogen) atoms. The first-order valence-corrected chi connectivity index (χ1v) is 7.41. The SMILES string of the molecule is Cc1ccc(S(=O)(=O)N(c2ccccc2)C(F)(F)F)cc1. The molecule has 7 heteroatoms. The Labute approximate surface area is 120 Å². The fourth-order valence-corrected chi connectivity index (χ4v) is 3.16. The number of nitrogens with zero attached hydrogens (tertiary/aromatic N) is 1. The maximum absolute atomic E-state index is 13.2. The van der Waals surface area contributed by atoms with Crippen LogP contribution in [0.1, 0.15) is 5.56 Å². The highest BCUT2D eigenvalue weighted by molar-refractivity contribution is 7.92. The highest BCUT2D eigenvalue weighted by Crippen LogP contribution is 2.34. The van der Waals surface area contributed by atoms with Crippen LogP contribution in [-0.4, -0.2) is 14.7 Å². The number of benzene rings is 2. The largest absolute Gasteiger partial charge is 0.498 e. The molecule has 112 valence electrons. The summed E-state index contributed by atoms with van der Waals surface area (Å²) in [5.74, 6) is 0. The summed E-state index contributed by atoms with van der Waals surface area (Å²) in [5, 5.41) is 0. The second kappa shape index (κ2) is 5.40. The number of halogens is 3. The van der Waals surface area contributed by atoms with Crippen molar-refractivity contribution in [2.75, 3.05) is 4.31 Å². The Morgan fingerprint density at radius 1 is 0.905 bits per heavy atom. The molecule has 2 aromatic carbocycles. The molecule has 3 nitrogen and oxygen atoms in total. The maximum atomic E-state index is 13.2. The lowest BCUT2D eigenvalue weighted by molar-refractivity contribution is -0.115. The topological polar surface area (TPSA) is 37.4 Å². The van der Waals surface area contributed by atoms with Gasteiger partial charge in [0.15, 0.2) is 0 Å². The van der Waals surface area contributed by atoms with E-state index in [4.69, 9.17) is 0 Å². The third kappa shape index (κ3) is 3.18. The van der Waals surface area contributed by atoms with Crippen molar-refractivity contribution in [2.24, 2.45) is 0 Å². The van der Waals surface area contributed by atoms with Gasteiger partial charge in [0.25, 0.3) is 10.0 Å². The zero-order chi connectivity index (χ0) is 15.7. The van der Waals surface area contributed by atoms with Crippen molar-refractivity contribution in [3.63, 3.8) is 0 Å². The van der Waals surface area contributed by atoms with Gasteiger partial charge in [-0.25, -0.2) is 8.42 Å². The van der Waals surface area contributed by atoms with Crippen molar-refractivity contribution in [2.45, 2.75) is 18.1 Å². The molecule has 0 amide bonds. The van der Waals surface area contributed by atoms with Gasteiger partial charge in [-0.05, 0) is 31.2 Å². The standard InChI is InChI=1S/C14H12F3NO2S/c1-11-7-9-13(10-8-11)21(19,20)18(14(15,16)17)12-5-3-2-4-6-12/h2-10H,1H3. The number of sulfonamides is 1. The molecule has 0 aliphatic heterocycles. The van der Waals surface area contributed by atoms with E-state index in [0.717, 1.165) is 29.8 Å². The maximum Gasteiger partial charge on any atom is 0.498 e. The minimum Gasteiger partial charge on any atom is -0.201 e. The molecule has 0 saturated carbocycles. The molecule has 0 bridgehead atoms. The van der Waals surface area contributed by atoms with Crippen molar-refractivity contribution in [1.82, 2.24) is 0 Å². The van der Waals surface area contributed by atoms with Crippen molar-refractivity contribution >= 4 is 15.7 Å². The molecule has 0 N–H and O–H groups in total. The minimum absolute atomic E-state index is 0.408. The van der Waals surface area contributed by atoms with Gasteiger partial charge in [-0.1, -0.05) is 35.9 Å². The van der Waals surface area contributed by atoms with Gasteiger partial charge in [0.05, 0.1) is 10.6 Å². The molecule has 0 spiro atoms. The van der Waals surface area contributed by atoms with Gasteiger partial charge in [-0.3, -0.25) is 0 Å².